The average Bonchev–Trinajstić information content (AvgIpc) is 3.30. The van der Waals surface area contributed by atoms with Gasteiger partial charge in [-0.05, 0) is 30.7 Å². The highest BCUT2D eigenvalue weighted by molar-refractivity contribution is 5.87. The molecular formula is C17H24N4O2. The highest BCUT2D eigenvalue weighted by atomic mass is 16.2. The van der Waals surface area contributed by atoms with Gasteiger partial charge in [-0.15, -0.1) is 0 Å². The minimum absolute atomic E-state index is 0.0362. The van der Waals surface area contributed by atoms with Crippen LogP contribution in [0.25, 0.3) is 0 Å². The van der Waals surface area contributed by atoms with Gasteiger partial charge in [0.05, 0.1) is 6.54 Å². The normalized spacial score (nSPS) is 23.5. The number of nitrogens with one attached hydrogen (secondary N) is 3. The predicted octanol–water partition coefficient (Wildman–Crippen LogP) is 0.406. The molecule has 1 heterocycles. The molecule has 1 aromatic carbocycles. The number of amides is 2. The van der Waals surface area contributed by atoms with E-state index in [2.05, 4.69) is 16.2 Å². The molecule has 1 saturated carbocycles. The maximum Gasteiger partial charge on any atom is 0.242 e. The number of hydrogen-bond donors (Lipinski definition) is 3. The Balaban J connectivity index is 1.40. The summed E-state index contributed by atoms with van der Waals surface area (Å²) in [6, 6.07) is 9.95. The van der Waals surface area contributed by atoms with Crippen molar-refractivity contribution in [1.82, 2.24) is 21.1 Å². The Kier molecular flexibility index (Phi) is 4.93. The molecule has 2 fully saturated rings. The molecule has 6 heteroatoms. The van der Waals surface area contributed by atoms with E-state index in [1.165, 1.54) is 12.8 Å². The van der Waals surface area contributed by atoms with E-state index in [0.29, 0.717) is 18.5 Å². The Morgan fingerprint density at radius 1 is 1.22 bits per heavy atom. The van der Waals surface area contributed by atoms with Crippen LogP contribution in [0.3, 0.4) is 0 Å². The lowest BCUT2D eigenvalue weighted by Gasteiger charge is -2.18. The molecule has 124 valence electrons. The first kappa shape index (κ1) is 16.0. The van der Waals surface area contributed by atoms with Crippen molar-refractivity contribution >= 4 is 11.8 Å². The first-order valence-corrected chi connectivity index (χ1v) is 8.20. The highest BCUT2D eigenvalue weighted by Gasteiger charge is 2.38. The zero-order chi connectivity index (χ0) is 16.2. The van der Waals surface area contributed by atoms with Crippen LogP contribution in [0.5, 0.6) is 0 Å². The SMILES string of the molecule is CN(Cc1ccccc1)C(=O)CNC(=O)C1CC(C2CC2)NN1. The molecule has 1 aliphatic heterocycles. The van der Waals surface area contributed by atoms with Gasteiger partial charge in [0, 0.05) is 19.6 Å². The summed E-state index contributed by atoms with van der Waals surface area (Å²) < 4.78 is 0. The molecule has 1 saturated heterocycles. The quantitative estimate of drug-likeness (QED) is 0.711. The van der Waals surface area contributed by atoms with Crippen molar-refractivity contribution in [2.75, 3.05) is 13.6 Å². The van der Waals surface area contributed by atoms with Crippen LogP contribution in [0.4, 0.5) is 0 Å². The van der Waals surface area contributed by atoms with E-state index in [9.17, 15) is 9.59 Å². The molecule has 2 aliphatic rings. The monoisotopic (exact) mass is 316 g/mol. The number of carbonyl (C=O) groups excluding carboxylic acids is 2. The predicted molar refractivity (Wildman–Crippen MR) is 87.1 cm³/mol. The summed E-state index contributed by atoms with van der Waals surface area (Å²) in [6.07, 6.45) is 3.29. The molecule has 2 amide bonds. The van der Waals surface area contributed by atoms with Crippen molar-refractivity contribution in [3.05, 3.63) is 35.9 Å². The van der Waals surface area contributed by atoms with Crippen molar-refractivity contribution in [1.29, 1.82) is 0 Å². The number of benzene rings is 1. The first-order chi connectivity index (χ1) is 11.1. The lowest BCUT2D eigenvalue weighted by molar-refractivity contribution is -0.132. The second-order valence-electron chi connectivity index (χ2n) is 6.47. The minimum Gasteiger partial charge on any atom is -0.346 e. The number of rotatable bonds is 6. The third-order valence-electron chi connectivity index (χ3n) is 4.54. The Hall–Kier alpha value is -1.92. The van der Waals surface area contributed by atoms with E-state index >= 15 is 0 Å². The summed E-state index contributed by atoms with van der Waals surface area (Å²) in [5.74, 6) is 0.507. The summed E-state index contributed by atoms with van der Waals surface area (Å²) in [5.41, 5.74) is 7.29. The van der Waals surface area contributed by atoms with E-state index in [1.807, 2.05) is 30.3 Å². The standard InChI is InChI=1S/C17H24N4O2/c1-21(11-12-5-3-2-4-6-12)16(22)10-18-17(23)15-9-14(19-20-15)13-7-8-13/h2-6,13-15,19-20H,7-11H2,1H3,(H,18,23). The van der Waals surface area contributed by atoms with Gasteiger partial charge in [-0.25, -0.2) is 5.43 Å². The average molecular weight is 316 g/mol. The molecular weight excluding hydrogens is 292 g/mol. The van der Waals surface area contributed by atoms with Gasteiger partial charge in [-0.1, -0.05) is 30.3 Å². The Bertz CT molecular complexity index is 559. The van der Waals surface area contributed by atoms with Crippen molar-refractivity contribution < 1.29 is 9.59 Å². The second-order valence-corrected chi connectivity index (χ2v) is 6.47. The fourth-order valence-corrected chi connectivity index (χ4v) is 2.93. The second kappa shape index (κ2) is 7.10. The van der Waals surface area contributed by atoms with E-state index in [-0.39, 0.29) is 24.4 Å². The van der Waals surface area contributed by atoms with E-state index in [4.69, 9.17) is 0 Å². The van der Waals surface area contributed by atoms with E-state index < -0.39 is 0 Å². The Morgan fingerprint density at radius 3 is 2.65 bits per heavy atom. The largest absolute Gasteiger partial charge is 0.346 e. The maximum absolute atomic E-state index is 12.1. The summed E-state index contributed by atoms with van der Waals surface area (Å²) in [7, 11) is 1.75. The fraction of sp³-hybridized carbons (Fsp3) is 0.529. The molecule has 1 aliphatic carbocycles. The highest BCUT2D eigenvalue weighted by Crippen LogP contribution is 2.35. The smallest absolute Gasteiger partial charge is 0.242 e. The van der Waals surface area contributed by atoms with Gasteiger partial charge in [-0.3, -0.25) is 15.0 Å². The molecule has 0 spiro atoms. The molecule has 6 nitrogen and oxygen atoms in total. The summed E-state index contributed by atoms with van der Waals surface area (Å²) >= 11 is 0. The van der Waals surface area contributed by atoms with Crippen molar-refractivity contribution in [2.24, 2.45) is 5.92 Å². The topological polar surface area (TPSA) is 73.5 Å². The van der Waals surface area contributed by atoms with Gasteiger partial charge >= 0.3 is 0 Å². The van der Waals surface area contributed by atoms with Gasteiger partial charge in [0.1, 0.15) is 6.04 Å². The van der Waals surface area contributed by atoms with Crippen LogP contribution in [0, 0.1) is 5.92 Å². The molecule has 3 rings (SSSR count). The lowest BCUT2D eigenvalue weighted by Crippen LogP contribution is -2.46. The zero-order valence-electron chi connectivity index (χ0n) is 13.4. The van der Waals surface area contributed by atoms with Crippen molar-refractivity contribution in [2.45, 2.75) is 37.9 Å². The molecule has 0 aromatic heterocycles. The molecule has 2 unspecified atom stereocenters. The molecule has 3 N–H and O–H groups in total. The van der Waals surface area contributed by atoms with Crippen molar-refractivity contribution in [3.63, 3.8) is 0 Å². The minimum atomic E-state index is -0.243. The summed E-state index contributed by atoms with van der Waals surface area (Å²) in [4.78, 5) is 25.9. The molecule has 0 radical (unpaired) electrons. The van der Waals surface area contributed by atoms with E-state index in [0.717, 1.165) is 12.0 Å². The van der Waals surface area contributed by atoms with Crippen LogP contribution in [-0.4, -0.2) is 42.4 Å². The third-order valence-corrected chi connectivity index (χ3v) is 4.54. The maximum atomic E-state index is 12.1. The van der Waals surface area contributed by atoms with Crippen LogP contribution in [0.15, 0.2) is 30.3 Å². The number of carbonyl (C=O) groups is 2. The Labute approximate surface area is 136 Å². The van der Waals surface area contributed by atoms with Gasteiger partial charge in [0.15, 0.2) is 0 Å². The summed E-state index contributed by atoms with van der Waals surface area (Å²) in [5, 5.41) is 2.74. The number of likely N-dealkylation sites (N-methyl/N-ethyl adjacent to an activating group) is 1. The van der Waals surface area contributed by atoms with Gasteiger partial charge < -0.3 is 10.2 Å². The molecule has 0 bridgehead atoms. The number of hydrogen-bond acceptors (Lipinski definition) is 4. The number of nitrogens with zero attached hydrogens (tertiary/aromatic N) is 1. The third kappa shape index (κ3) is 4.30. The van der Waals surface area contributed by atoms with Crippen LogP contribution in [-0.2, 0) is 16.1 Å². The van der Waals surface area contributed by atoms with Crippen LogP contribution in [0.2, 0.25) is 0 Å². The summed E-state index contributed by atoms with van der Waals surface area (Å²) in [6.45, 7) is 0.580. The number of hydrazine groups is 1. The van der Waals surface area contributed by atoms with Crippen LogP contribution < -0.4 is 16.2 Å². The Morgan fingerprint density at radius 2 is 1.96 bits per heavy atom. The van der Waals surface area contributed by atoms with Crippen molar-refractivity contribution in [3.8, 4) is 0 Å². The van der Waals surface area contributed by atoms with Gasteiger partial charge in [0.2, 0.25) is 11.8 Å². The van der Waals surface area contributed by atoms with E-state index in [1.54, 1.807) is 11.9 Å². The zero-order valence-corrected chi connectivity index (χ0v) is 13.4. The first-order valence-electron chi connectivity index (χ1n) is 8.20. The van der Waals surface area contributed by atoms with Crippen LogP contribution >= 0.6 is 0 Å². The molecule has 2 atom stereocenters. The molecule has 1 aromatic rings. The van der Waals surface area contributed by atoms with Gasteiger partial charge in [-0.2, -0.15) is 0 Å². The van der Waals surface area contributed by atoms with Crippen LogP contribution in [0.1, 0.15) is 24.8 Å². The lowest BCUT2D eigenvalue weighted by atomic mass is 10.1. The molecule has 23 heavy (non-hydrogen) atoms. The fourth-order valence-electron chi connectivity index (χ4n) is 2.93. The van der Waals surface area contributed by atoms with Gasteiger partial charge in [0.25, 0.3) is 0 Å².